The van der Waals surface area contributed by atoms with E-state index >= 15 is 0 Å². The molecule has 0 aliphatic rings. The Labute approximate surface area is 86.3 Å². The lowest BCUT2D eigenvalue weighted by atomic mass is 10.2. The highest BCUT2D eigenvalue weighted by atomic mass is 16.5. The molecule has 0 fully saturated rings. The molecule has 0 aliphatic carbocycles. The minimum Gasteiger partial charge on any atom is -0.474 e. The minimum absolute atomic E-state index is 0.301. The maximum absolute atomic E-state index is 5.74. The van der Waals surface area contributed by atoms with Gasteiger partial charge in [-0.15, -0.1) is 0 Å². The van der Waals surface area contributed by atoms with E-state index in [2.05, 4.69) is 25.8 Å². The van der Waals surface area contributed by atoms with Crippen LogP contribution < -0.4 is 4.74 Å². The van der Waals surface area contributed by atoms with Gasteiger partial charge in [-0.2, -0.15) is 0 Å². The van der Waals surface area contributed by atoms with E-state index in [0.717, 1.165) is 30.8 Å². The monoisotopic (exact) mass is 193 g/mol. The second kappa shape index (κ2) is 5.63. The molecule has 0 N–H and O–H groups in total. The molecule has 1 heterocycles. The topological polar surface area (TPSA) is 22.1 Å². The Morgan fingerprint density at radius 1 is 1.21 bits per heavy atom. The molecule has 0 atom stereocenters. The van der Waals surface area contributed by atoms with Crippen LogP contribution in [0.1, 0.15) is 39.3 Å². The van der Waals surface area contributed by atoms with Gasteiger partial charge in [0.15, 0.2) is 0 Å². The van der Waals surface area contributed by atoms with E-state index in [1.165, 1.54) is 0 Å². The maximum atomic E-state index is 5.74. The number of pyridine rings is 1. The van der Waals surface area contributed by atoms with Crippen LogP contribution in [-0.4, -0.2) is 11.1 Å². The van der Waals surface area contributed by atoms with Gasteiger partial charge in [-0.1, -0.05) is 26.8 Å². The van der Waals surface area contributed by atoms with Crippen LogP contribution in [0.3, 0.4) is 0 Å². The first-order chi connectivity index (χ1) is 6.80. The molecule has 1 aromatic heterocycles. The molecule has 78 valence electrons. The Balaban J connectivity index is 2.65. The van der Waals surface area contributed by atoms with Crippen molar-refractivity contribution in [2.24, 2.45) is 0 Å². The zero-order chi connectivity index (χ0) is 10.4. The highest BCUT2D eigenvalue weighted by Crippen LogP contribution is 2.12. The van der Waals surface area contributed by atoms with Crippen LogP contribution in [0.4, 0.5) is 0 Å². The van der Waals surface area contributed by atoms with Gasteiger partial charge in [0.1, 0.15) is 0 Å². The lowest BCUT2D eigenvalue weighted by Gasteiger charge is -2.14. The van der Waals surface area contributed by atoms with E-state index in [9.17, 15) is 0 Å². The summed E-state index contributed by atoms with van der Waals surface area (Å²) in [7, 11) is 0. The van der Waals surface area contributed by atoms with E-state index in [1.54, 1.807) is 0 Å². The quantitative estimate of drug-likeness (QED) is 0.716. The molecule has 0 bridgehead atoms. The van der Waals surface area contributed by atoms with Gasteiger partial charge in [-0.05, 0) is 25.3 Å². The number of nitrogens with zero attached hydrogens (tertiary/aromatic N) is 1. The normalized spacial score (nSPS) is 10.6. The average Bonchev–Trinajstić information content (AvgIpc) is 2.26. The highest BCUT2D eigenvalue weighted by Gasteiger charge is 2.05. The molecule has 1 aromatic rings. The van der Waals surface area contributed by atoms with Crippen molar-refractivity contribution in [3.8, 4) is 5.88 Å². The molecule has 0 saturated heterocycles. The molecule has 0 amide bonds. The summed E-state index contributed by atoms with van der Waals surface area (Å²) < 4.78 is 5.74. The predicted molar refractivity (Wildman–Crippen MR) is 58.6 cm³/mol. The summed E-state index contributed by atoms with van der Waals surface area (Å²) in [6, 6.07) is 5.96. The third-order valence-corrected chi connectivity index (χ3v) is 2.34. The number of ether oxygens (including phenoxy) is 1. The fourth-order valence-electron chi connectivity index (χ4n) is 1.35. The third-order valence-electron chi connectivity index (χ3n) is 2.34. The summed E-state index contributed by atoms with van der Waals surface area (Å²) >= 11 is 0. The van der Waals surface area contributed by atoms with E-state index in [0.29, 0.717) is 6.10 Å². The first kappa shape index (κ1) is 11.0. The van der Waals surface area contributed by atoms with Crippen LogP contribution in [0.15, 0.2) is 18.2 Å². The molecule has 0 radical (unpaired) electrons. The summed E-state index contributed by atoms with van der Waals surface area (Å²) in [6.07, 6.45) is 3.33. The van der Waals surface area contributed by atoms with Gasteiger partial charge in [0.05, 0.1) is 6.10 Å². The Morgan fingerprint density at radius 2 is 1.93 bits per heavy atom. The SMILES string of the molecule is CCc1cccc(OC(CC)CC)n1. The molecule has 2 heteroatoms. The molecule has 1 rings (SSSR count). The van der Waals surface area contributed by atoms with Crippen LogP contribution in [0.2, 0.25) is 0 Å². The lowest BCUT2D eigenvalue weighted by molar-refractivity contribution is 0.184. The van der Waals surface area contributed by atoms with Crippen LogP contribution >= 0.6 is 0 Å². The number of rotatable bonds is 5. The van der Waals surface area contributed by atoms with Crippen LogP contribution in [0.5, 0.6) is 5.88 Å². The zero-order valence-electron chi connectivity index (χ0n) is 9.29. The van der Waals surface area contributed by atoms with Gasteiger partial charge in [0, 0.05) is 11.8 Å². The van der Waals surface area contributed by atoms with Crippen molar-refractivity contribution < 1.29 is 4.74 Å². The standard InChI is InChI=1S/C12H19NO/c1-4-10-8-7-9-12(13-10)14-11(5-2)6-3/h7-9,11H,4-6H2,1-3H3. The molecule has 0 spiro atoms. The second-order valence-corrected chi connectivity index (χ2v) is 3.38. The molecular formula is C12H19NO. The molecule has 0 aliphatic heterocycles. The third kappa shape index (κ3) is 3.02. The Bertz CT molecular complexity index is 269. The van der Waals surface area contributed by atoms with Crippen LogP contribution in [-0.2, 0) is 6.42 Å². The smallest absolute Gasteiger partial charge is 0.213 e. The molecule has 0 saturated carbocycles. The van der Waals surface area contributed by atoms with Crippen LogP contribution in [0.25, 0.3) is 0 Å². The largest absolute Gasteiger partial charge is 0.474 e. The summed E-state index contributed by atoms with van der Waals surface area (Å²) in [5, 5.41) is 0. The first-order valence-corrected chi connectivity index (χ1v) is 5.42. The Kier molecular flexibility index (Phi) is 4.44. The van der Waals surface area contributed by atoms with Crippen LogP contribution in [0, 0.1) is 0 Å². The minimum atomic E-state index is 0.301. The fraction of sp³-hybridized carbons (Fsp3) is 0.583. The summed E-state index contributed by atoms with van der Waals surface area (Å²) in [4.78, 5) is 4.40. The van der Waals surface area contributed by atoms with Gasteiger partial charge in [-0.25, -0.2) is 4.98 Å². The van der Waals surface area contributed by atoms with E-state index in [4.69, 9.17) is 4.74 Å². The average molecular weight is 193 g/mol. The van der Waals surface area contributed by atoms with Crippen molar-refractivity contribution in [2.45, 2.75) is 46.1 Å². The molecular weight excluding hydrogens is 174 g/mol. The van der Waals surface area contributed by atoms with Crippen molar-refractivity contribution in [3.05, 3.63) is 23.9 Å². The second-order valence-electron chi connectivity index (χ2n) is 3.38. The number of aryl methyl sites for hydroxylation is 1. The summed E-state index contributed by atoms with van der Waals surface area (Å²) in [5.41, 5.74) is 1.09. The zero-order valence-corrected chi connectivity index (χ0v) is 9.29. The first-order valence-electron chi connectivity index (χ1n) is 5.42. The van der Waals surface area contributed by atoms with Gasteiger partial charge >= 0.3 is 0 Å². The summed E-state index contributed by atoms with van der Waals surface area (Å²) in [6.45, 7) is 6.37. The van der Waals surface area contributed by atoms with Crippen molar-refractivity contribution in [2.75, 3.05) is 0 Å². The van der Waals surface area contributed by atoms with Crippen molar-refractivity contribution in [3.63, 3.8) is 0 Å². The van der Waals surface area contributed by atoms with Gasteiger partial charge in [-0.3, -0.25) is 0 Å². The molecule has 14 heavy (non-hydrogen) atoms. The van der Waals surface area contributed by atoms with Gasteiger partial charge in [0.25, 0.3) is 0 Å². The van der Waals surface area contributed by atoms with Gasteiger partial charge < -0.3 is 4.74 Å². The van der Waals surface area contributed by atoms with E-state index in [1.807, 2.05) is 18.2 Å². The number of hydrogen-bond acceptors (Lipinski definition) is 2. The van der Waals surface area contributed by atoms with E-state index in [-0.39, 0.29) is 0 Å². The Hall–Kier alpha value is -1.05. The molecule has 2 nitrogen and oxygen atoms in total. The molecule has 0 unspecified atom stereocenters. The highest BCUT2D eigenvalue weighted by molar-refractivity contribution is 5.15. The summed E-state index contributed by atoms with van der Waals surface area (Å²) in [5.74, 6) is 0.762. The van der Waals surface area contributed by atoms with Crippen molar-refractivity contribution in [1.29, 1.82) is 0 Å². The Morgan fingerprint density at radius 3 is 2.50 bits per heavy atom. The van der Waals surface area contributed by atoms with Crippen molar-refractivity contribution in [1.82, 2.24) is 4.98 Å². The van der Waals surface area contributed by atoms with Gasteiger partial charge in [0.2, 0.25) is 5.88 Å². The number of aromatic nitrogens is 1. The van der Waals surface area contributed by atoms with Crippen molar-refractivity contribution >= 4 is 0 Å². The lowest BCUT2D eigenvalue weighted by Crippen LogP contribution is -2.14. The number of hydrogen-bond donors (Lipinski definition) is 0. The predicted octanol–water partition coefficient (Wildman–Crippen LogP) is 3.21. The maximum Gasteiger partial charge on any atom is 0.213 e. The van der Waals surface area contributed by atoms with E-state index < -0.39 is 0 Å². The fourth-order valence-corrected chi connectivity index (χ4v) is 1.35. The molecule has 0 aromatic carbocycles.